The van der Waals surface area contributed by atoms with Gasteiger partial charge in [0.2, 0.25) is 5.91 Å². The summed E-state index contributed by atoms with van der Waals surface area (Å²) < 4.78 is 0. The van der Waals surface area contributed by atoms with Gasteiger partial charge in [-0.1, -0.05) is 30.3 Å². The van der Waals surface area contributed by atoms with E-state index < -0.39 is 0 Å². The van der Waals surface area contributed by atoms with Crippen LogP contribution in [0, 0.1) is 0 Å². The predicted molar refractivity (Wildman–Crippen MR) is 99.0 cm³/mol. The van der Waals surface area contributed by atoms with Crippen LogP contribution in [0.4, 0.5) is 0 Å². The number of hydrogen-bond acceptors (Lipinski definition) is 4. The molecule has 2 rings (SSSR count). The van der Waals surface area contributed by atoms with E-state index in [0.29, 0.717) is 6.54 Å². The highest BCUT2D eigenvalue weighted by Gasteiger charge is 2.15. The molecule has 0 saturated carbocycles. The molecular formula is C19H32N4O. The van der Waals surface area contributed by atoms with Crippen molar-refractivity contribution in [3.63, 3.8) is 0 Å². The van der Waals surface area contributed by atoms with Gasteiger partial charge in [-0.25, -0.2) is 0 Å². The Labute approximate surface area is 146 Å². The zero-order valence-electron chi connectivity index (χ0n) is 15.4. The van der Waals surface area contributed by atoms with Crippen molar-refractivity contribution in [2.24, 2.45) is 0 Å². The quantitative estimate of drug-likeness (QED) is 0.716. The summed E-state index contributed by atoms with van der Waals surface area (Å²) in [6.45, 7) is 7.80. The summed E-state index contributed by atoms with van der Waals surface area (Å²) in [7, 11) is 6.10. The molecule has 0 N–H and O–H groups in total. The lowest BCUT2D eigenvalue weighted by Gasteiger charge is -2.32. The number of amides is 1. The summed E-state index contributed by atoms with van der Waals surface area (Å²) in [4.78, 5) is 21.2. The molecule has 0 radical (unpaired) electrons. The Hall–Kier alpha value is -1.43. The molecule has 0 bridgehead atoms. The van der Waals surface area contributed by atoms with E-state index in [-0.39, 0.29) is 5.91 Å². The second kappa shape index (κ2) is 9.77. The molecule has 134 valence electrons. The van der Waals surface area contributed by atoms with Gasteiger partial charge >= 0.3 is 0 Å². The predicted octanol–water partition coefficient (Wildman–Crippen LogP) is 1.21. The molecule has 0 spiro atoms. The van der Waals surface area contributed by atoms with Crippen LogP contribution in [0.15, 0.2) is 30.3 Å². The first-order valence-electron chi connectivity index (χ1n) is 8.92. The van der Waals surface area contributed by atoms with Crippen LogP contribution in [0.1, 0.15) is 12.0 Å². The smallest absolute Gasteiger partial charge is 0.236 e. The average Bonchev–Trinajstić information content (AvgIpc) is 2.57. The minimum atomic E-state index is 0.201. The van der Waals surface area contributed by atoms with Crippen molar-refractivity contribution in [2.75, 3.05) is 67.0 Å². The first kappa shape index (κ1) is 18.9. The number of nitrogens with zero attached hydrogens (tertiary/aromatic N) is 4. The largest absolute Gasteiger partial charge is 0.345 e. The number of benzene rings is 1. The van der Waals surface area contributed by atoms with Crippen LogP contribution < -0.4 is 0 Å². The van der Waals surface area contributed by atoms with Gasteiger partial charge in [0.15, 0.2) is 0 Å². The van der Waals surface area contributed by atoms with Gasteiger partial charge in [-0.05, 0) is 32.6 Å². The van der Waals surface area contributed by atoms with Crippen molar-refractivity contribution in [3.05, 3.63) is 35.9 Å². The normalized spacial score (nSPS) is 16.5. The van der Waals surface area contributed by atoms with Gasteiger partial charge in [0.25, 0.3) is 0 Å². The Morgan fingerprint density at radius 1 is 1.08 bits per heavy atom. The fraction of sp³-hybridized carbons (Fsp3) is 0.632. The van der Waals surface area contributed by atoms with Gasteiger partial charge in [0.05, 0.1) is 6.54 Å². The molecule has 1 aliphatic rings. The first-order chi connectivity index (χ1) is 11.5. The van der Waals surface area contributed by atoms with E-state index in [9.17, 15) is 4.79 Å². The van der Waals surface area contributed by atoms with Crippen LogP contribution in [0.2, 0.25) is 0 Å². The lowest BCUT2D eigenvalue weighted by molar-refractivity contribution is -0.131. The molecule has 1 aromatic rings. The third-order valence-corrected chi connectivity index (χ3v) is 4.69. The van der Waals surface area contributed by atoms with Gasteiger partial charge in [0, 0.05) is 46.3 Å². The lowest BCUT2D eigenvalue weighted by atomic mass is 10.2. The number of piperazine rings is 1. The third kappa shape index (κ3) is 6.59. The highest BCUT2D eigenvalue weighted by molar-refractivity contribution is 5.77. The number of hydrogen-bond donors (Lipinski definition) is 0. The molecule has 1 heterocycles. The lowest BCUT2D eigenvalue weighted by Crippen LogP contribution is -2.45. The van der Waals surface area contributed by atoms with E-state index in [1.54, 1.807) is 0 Å². The molecule has 1 amide bonds. The zero-order valence-corrected chi connectivity index (χ0v) is 15.4. The van der Waals surface area contributed by atoms with Crippen LogP contribution in [-0.4, -0.2) is 92.5 Å². The van der Waals surface area contributed by atoms with Crippen molar-refractivity contribution in [3.8, 4) is 0 Å². The van der Waals surface area contributed by atoms with Gasteiger partial charge < -0.3 is 14.7 Å². The molecule has 0 aliphatic carbocycles. The van der Waals surface area contributed by atoms with E-state index in [1.165, 1.54) is 5.56 Å². The van der Waals surface area contributed by atoms with E-state index in [4.69, 9.17) is 0 Å². The van der Waals surface area contributed by atoms with Crippen molar-refractivity contribution in [1.29, 1.82) is 0 Å². The monoisotopic (exact) mass is 332 g/mol. The van der Waals surface area contributed by atoms with Crippen molar-refractivity contribution >= 4 is 5.91 Å². The maximum atomic E-state index is 12.3. The molecule has 1 aliphatic heterocycles. The molecule has 5 nitrogen and oxygen atoms in total. The van der Waals surface area contributed by atoms with E-state index in [2.05, 4.69) is 33.9 Å². The minimum Gasteiger partial charge on any atom is -0.345 e. The topological polar surface area (TPSA) is 30.0 Å². The second-order valence-corrected chi connectivity index (χ2v) is 6.97. The third-order valence-electron chi connectivity index (χ3n) is 4.69. The molecule has 0 aromatic heterocycles. The molecule has 24 heavy (non-hydrogen) atoms. The molecule has 0 unspecified atom stereocenters. The number of rotatable bonds is 8. The Balaban J connectivity index is 1.62. The summed E-state index contributed by atoms with van der Waals surface area (Å²) in [5.41, 5.74) is 1.24. The molecule has 1 aromatic carbocycles. The summed E-state index contributed by atoms with van der Waals surface area (Å²) >= 11 is 0. The summed E-state index contributed by atoms with van der Waals surface area (Å²) in [5.74, 6) is 0.201. The van der Waals surface area contributed by atoms with Gasteiger partial charge in [-0.15, -0.1) is 0 Å². The number of likely N-dealkylation sites (N-methyl/N-ethyl adjacent to an activating group) is 3. The highest BCUT2D eigenvalue weighted by atomic mass is 16.2. The van der Waals surface area contributed by atoms with Crippen LogP contribution in [0.5, 0.6) is 0 Å². The standard InChI is InChI=1S/C19H32N4O/c1-20-12-14-23(15-13-20)11-7-10-22(3)19(24)17-21(2)16-18-8-5-4-6-9-18/h4-6,8-9H,7,10-17H2,1-3H3. The second-order valence-electron chi connectivity index (χ2n) is 6.97. The highest BCUT2D eigenvalue weighted by Crippen LogP contribution is 2.04. The molecule has 0 atom stereocenters. The van der Waals surface area contributed by atoms with Crippen molar-refractivity contribution in [1.82, 2.24) is 19.6 Å². The Bertz CT molecular complexity index is 485. The van der Waals surface area contributed by atoms with Gasteiger partial charge in [-0.3, -0.25) is 9.69 Å². The summed E-state index contributed by atoms with van der Waals surface area (Å²) in [6, 6.07) is 10.3. The number of carbonyl (C=O) groups is 1. The van der Waals surface area contributed by atoms with Crippen molar-refractivity contribution < 1.29 is 4.79 Å². The zero-order chi connectivity index (χ0) is 17.4. The van der Waals surface area contributed by atoms with Gasteiger partial charge in [0.1, 0.15) is 0 Å². The Morgan fingerprint density at radius 2 is 1.75 bits per heavy atom. The van der Waals surface area contributed by atoms with E-state index in [1.807, 2.05) is 37.2 Å². The van der Waals surface area contributed by atoms with Gasteiger partial charge in [-0.2, -0.15) is 0 Å². The molecule has 1 saturated heterocycles. The van der Waals surface area contributed by atoms with Crippen molar-refractivity contribution in [2.45, 2.75) is 13.0 Å². The maximum absolute atomic E-state index is 12.3. The number of carbonyl (C=O) groups excluding carboxylic acids is 1. The molecular weight excluding hydrogens is 300 g/mol. The molecule has 5 heteroatoms. The SMILES string of the molecule is CN1CCN(CCCN(C)C(=O)CN(C)Cc2ccccc2)CC1. The van der Waals surface area contributed by atoms with Crippen LogP contribution >= 0.6 is 0 Å². The fourth-order valence-electron chi connectivity index (χ4n) is 3.03. The molecule has 1 fully saturated rings. The first-order valence-corrected chi connectivity index (χ1v) is 8.92. The van der Waals surface area contributed by atoms with Crippen LogP contribution in [0.25, 0.3) is 0 Å². The van der Waals surface area contributed by atoms with Crippen LogP contribution in [0.3, 0.4) is 0 Å². The fourth-order valence-corrected chi connectivity index (χ4v) is 3.03. The Kier molecular flexibility index (Phi) is 7.69. The van der Waals surface area contributed by atoms with Crippen LogP contribution in [-0.2, 0) is 11.3 Å². The summed E-state index contributed by atoms with van der Waals surface area (Å²) in [5, 5.41) is 0. The summed E-state index contributed by atoms with van der Waals surface area (Å²) in [6.07, 6.45) is 1.05. The average molecular weight is 332 g/mol. The van der Waals surface area contributed by atoms with E-state index in [0.717, 1.165) is 52.2 Å². The van der Waals surface area contributed by atoms with E-state index >= 15 is 0 Å². The minimum absolute atomic E-state index is 0.201. The Morgan fingerprint density at radius 3 is 2.42 bits per heavy atom. The maximum Gasteiger partial charge on any atom is 0.236 e.